The Labute approximate surface area is 124 Å². The zero-order valence-corrected chi connectivity index (χ0v) is 11.6. The Morgan fingerprint density at radius 1 is 1.10 bits per heavy atom. The van der Waals surface area contributed by atoms with Crippen molar-refractivity contribution in [3.8, 4) is 0 Å². The molecular formula is C16H10ClN3O. The summed E-state index contributed by atoms with van der Waals surface area (Å²) in [6.07, 6.45) is 5.07. The number of hydrogen-bond acceptors (Lipinski definition) is 2. The number of carbonyl (C=O) groups is 1. The Balaban J connectivity index is 1.94. The van der Waals surface area contributed by atoms with Gasteiger partial charge in [0.05, 0.1) is 5.02 Å². The average Bonchev–Trinajstić information content (AvgIpc) is 3.12. The van der Waals surface area contributed by atoms with Crippen LogP contribution in [-0.4, -0.2) is 20.7 Å². The van der Waals surface area contributed by atoms with Crippen LogP contribution >= 0.6 is 11.6 Å². The average molecular weight is 296 g/mol. The number of aromatic nitrogens is 3. The third kappa shape index (κ3) is 1.84. The van der Waals surface area contributed by atoms with E-state index in [1.807, 2.05) is 30.5 Å². The molecule has 0 atom stereocenters. The van der Waals surface area contributed by atoms with Crippen LogP contribution < -0.4 is 0 Å². The first-order chi connectivity index (χ1) is 10.2. The van der Waals surface area contributed by atoms with Gasteiger partial charge in [0, 0.05) is 46.0 Å². The van der Waals surface area contributed by atoms with Crippen LogP contribution in [0.15, 0.2) is 48.9 Å². The number of nitrogens with zero attached hydrogens (tertiary/aromatic N) is 1. The van der Waals surface area contributed by atoms with Crippen molar-refractivity contribution in [2.75, 3.05) is 0 Å². The van der Waals surface area contributed by atoms with Crippen molar-refractivity contribution in [2.24, 2.45) is 0 Å². The molecule has 5 heteroatoms. The number of H-pyrrole nitrogens is 2. The summed E-state index contributed by atoms with van der Waals surface area (Å²) >= 11 is 5.98. The van der Waals surface area contributed by atoms with Crippen molar-refractivity contribution in [1.82, 2.24) is 15.0 Å². The summed E-state index contributed by atoms with van der Waals surface area (Å²) < 4.78 is 0. The molecular weight excluding hydrogens is 286 g/mol. The van der Waals surface area contributed by atoms with Crippen LogP contribution in [0.5, 0.6) is 0 Å². The first kappa shape index (κ1) is 12.2. The number of hydrogen-bond donors (Lipinski definition) is 2. The van der Waals surface area contributed by atoms with E-state index in [1.165, 1.54) is 0 Å². The molecule has 0 saturated heterocycles. The normalized spacial score (nSPS) is 11.3. The third-order valence-electron chi connectivity index (χ3n) is 3.58. The fourth-order valence-corrected chi connectivity index (χ4v) is 2.75. The van der Waals surface area contributed by atoms with E-state index in [-0.39, 0.29) is 5.78 Å². The zero-order valence-electron chi connectivity index (χ0n) is 10.9. The van der Waals surface area contributed by atoms with Crippen LogP contribution in [0.4, 0.5) is 0 Å². The van der Waals surface area contributed by atoms with Crippen LogP contribution in [0.25, 0.3) is 21.9 Å². The number of rotatable bonds is 2. The fourth-order valence-electron chi connectivity index (χ4n) is 2.59. The van der Waals surface area contributed by atoms with E-state index in [1.54, 1.807) is 18.5 Å². The molecule has 21 heavy (non-hydrogen) atoms. The van der Waals surface area contributed by atoms with Crippen LogP contribution in [-0.2, 0) is 0 Å². The maximum atomic E-state index is 12.8. The number of halogens is 1. The molecule has 0 radical (unpaired) electrons. The van der Waals surface area contributed by atoms with Gasteiger partial charge in [-0.25, -0.2) is 4.98 Å². The highest BCUT2D eigenvalue weighted by Gasteiger charge is 2.17. The van der Waals surface area contributed by atoms with Gasteiger partial charge in [-0.1, -0.05) is 23.7 Å². The monoisotopic (exact) mass is 295 g/mol. The molecule has 0 aliphatic carbocycles. The van der Waals surface area contributed by atoms with E-state index in [2.05, 4.69) is 15.0 Å². The van der Waals surface area contributed by atoms with Gasteiger partial charge >= 0.3 is 0 Å². The van der Waals surface area contributed by atoms with Gasteiger partial charge in [-0.05, 0) is 18.2 Å². The van der Waals surface area contributed by atoms with Gasteiger partial charge in [-0.15, -0.1) is 0 Å². The van der Waals surface area contributed by atoms with Crippen molar-refractivity contribution >= 4 is 39.3 Å². The Morgan fingerprint density at radius 2 is 2.00 bits per heavy atom. The minimum absolute atomic E-state index is 0.0458. The zero-order chi connectivity index (χ0) is 14.4. The maximum absolute atomic E-state index is 12.8. The predicted molar refractivity (Wildman–Crippen MR) is 82.8 cm³/mol. The van der Waals surface area contributed by atoms with E-state index in [4.69, 9.17) is 11.6 Å². The van der Waals surface area contributed by atoms with Crippen molar-refractivity contribution in [3.63, 3.8) is 0 Å². The summed E-state index contributed by atoms with van der Waals surface area (Å²) in [5.41, 5.74) is 2.84. The third-order valence-corrected chi connectivity index (χ3v) is 3.79. The molecule has 0 aliphatic rings. The molecule has 1 aromatic carbocycles. The summed E-state index contributed by atoms with van der Waals surface area (Å²) in [4.78, 5) is 23.1. The smallest absolute Gasteiger partial charge is 0.195 e. The van der Waals surface area contributed by atoms with Crippen LogP contribution in [0.1, 0.15) is 15.9 Å². The van der Waals surface area contributed by atoms with Crippen LogP contribution in [0.3, 0.4) is 0 Å². The van der Waals surface area contributed by atoms with Crippen molar-refractivity contribution in [3.05, 3.63) is 65.1 Å². The van der Waals surface area contributed by atoms with Crippen molar-refractivity contribution < 1.29 is 4.79 Å². The highest BCUT2D eigenvalue weighted by molar-refractivity contribution is 6.31. The molecule has 3 heterocycles. The largest absolute Gasteiger partial charge is 0.361 e. The number of ketones is 1. The maximum Gasteiger partial charge on any atom is 0.195 e. The minimum atomic E-state index is -0.0458. The van der Waals surface area contributed by atoms with Gasteiger partial charge in [-0.3, -0.25) is 4.79 Å². The molecule has 3 aromatic heterocycles. The lowest BCUT2D eigenvalue weighted by atomic mass is 10.0. The van der Waals surface area contributed by atoms with Gasteiger partial charge in [0.25, 0.3) is 0 Å². The van der Waals surface area contributed by atoms with Crippen LogP contribution in [0.2, 0.25) is 5.02 Å². The second kappa shape index (κ2) is 4.46. The molecule has 2 N–H and O–H groups in total. The quantitative estimate of drug-likeness (QED) is 0.550. The summed E-state index contributed by atoms with van der Waals surface area (Å²) in [6, 6.07) is 9.30. The standard InChI is InChI=1S/C16H10ClN3O/c17-9-6-12-13(8-20-16(12)19-7-9)15(21)11-2-1-3-14-10(11)4-5-18-14/h1-8,18H,(H,19,20). The molecule has 4 nitrogen and oxygen atoms in total. The molecule has 0 saturated carbocycles. The van der Waals surface area contributed by atoms with Gasteiger partial charge in [0.2, 0.25) is 0 Å². The van der Waals surface area contributed by atoms with Gasteiger partial charge in [0.1, 0.15) is 5.65 Å². The first-order valence-electron chi connectivity index (χ1n) is 6.47. The lowest BCUT2D eigenvalue weighted by molar-refractivity contribution is 0.104. The summed E-state index contributed by atoms with van der Waals surface area (Å²) in [5, 5.41) is 2.16. The summed E-state index contributed by atoms with van der Waals surface area (Å²) in [5.74, 6) is -0.0458. The fraction of sp³-hybridized carbons (Fsp3) is 0. The molecule has 4 rings (SSSR count). The van der Waals surface area contributed by atoms with E-state index >= 15 is 0 Å². The number of pyridine rings is 1. The first-order valence-corrected chi connectivity index (χ1v) is 6.85. The lowest BCUT2D eigenvalue weighted by Gasteiger charge is -2.02. The molecule has 102 valence electrons. The lowest BCUT2D eigenvalue weighted by Crippen LogP contribution is -2.00. The number of nitrogens with one attached hydrogen (secondary N) is 2. The second-order valence-electron chi connectivity index (χ2n) is 4.83. The van der Waals surface area contributed by atoms with E-state index in [9.17, 15) is 4.79 Å². The number of carbonyl (C=O) groups excluding carboxylic acids is 1. The highest BCUT2D eigenvalue weighted by Crippen LogP contribution is 2.25. The Hall–Kier alpha value is -2.59. The van der Waals surface area contributed by atoms with Gasteiger partial charge in [0.15, 0.2) is 5.78 Å². The molecule has 4 aromatic rings. The topological polar surface area (TPSA) is 61.5 Å². The number of aromatic amines is 2. The molecule has 0 unspecified atom stereocenters. The molecule has 0 spiro atoms. The second-order valence-corrected chi connectivity index (χ2v) is 5.26. The van der Waals surface area contributed by atoms with Crippen molar-refractivity contribution in [1.29, 1.82) is 0 Å². The van der Waals surface area contributed by atoms with Gasteiger partial charge in [-0.2, -0.15) is 0 Å². The summed E-state index contributed by atoms with van der Waals surface area (Å²) in [7, 11) is 0. The Morgan fingerprint density at radius 3 is 2.90 bits per heavy atom. The van der Waals surface area contributed by atoms with E-state index in [0.717, 1.165) is 16.3 Å². The number of benzene rings is 1. The molecule has 0 bridgehead atoms. The Kier molecular flexibility index (Phi) is 2.59. The van der Waals surface area contributed by atoms with Crippen LogP contribution in [0, 0.1) is 0 Å². The number of fused-ring (bicyclic) bond motifs is 2. The van der Waals surface area contributed by atoms with E-state index < -0.39 is 0 Å². The highest BCUT2D eigenvalue weighted by atomic mass is 35.5. The van der Waals surface area contributed by atoms with Gasteiger partial charge < -0.3 is 9.97 Å². The summed E-state index contributed by atoms with van der Waals surface area (Å²) in [6.45, 7) is 0. The van der Waals surface area contributed by atoms with Crippen molar-refractivity contribution in [2.45, 2.75) is 0 Å². The predicted octanol–water partition coefficient (Wildman–Crippen LogP) is 3.93. The molecule has 0 fully saturated rings. The SMILES string of the molecule is O=C(c1cccc2[nH]ccc12)c1c[nH]c2ncc(Cl)cc12. The minimum Gasteiger partial charge on any atom is -0.361 e. The molecule has 0 amide bonds. The van der Waals surface area contributed by atoms with E-state index in [0.29, 0.717) is 21.8 Å². The molecule has 0 aliphatic heterocycles. The Bertz CT molecular complexity index is 983.